The van der Waals surface area contributed by atoms with Gasteiger partial charge in [0.15, 0.2) is 5.96 Å². The van der Waals surface area contributed by atoms with Crippen molar-refractivity contribution in [2.45, 2.75) is 46.7 Å². The molecule has 28 heavy (non-hydrogen) atoms. The summed E-state index contributed by atoms with van der Waals surface area (Å²) >= 11 is 3.49. The van der Waals surface area contributed by atoms with Crippen molar-refractivity contribution in [1.29, 1.82) is 0 Å². The molecular formula is C20H28BrN7. The van der Waals surface area contributed by atoms with Crippen LogP contribution in [0, 0.1) is 13.8 Å². The third-order valence-corrected chi connectivity index (χ3v) is 5.23. The summed E-state index contributed by atoms with van der Waals surface area (Å²) in [4.78, 5) is 9.35. The molecular weight excluding hydrogens is 418 g/mol. The zero-order chi connectivity index (χ0) is 20.3. The summed E-state index contributed by atoms with van der Waals surface area (Å²) < 4.78 is 4.97. The Hall–Kier alpha value is -2.35. The number of imidazole rings is 1. The SMILES string of the molecule is CCNC(=NCc1cn2cc(Br)ccc2n1)NC(C)Cc1c(C)nn(C)c1C. The molecule has 0 spiro atoms. The summed E-state index contributed by atoms with van der Waals surface area (Å²) in [6.07, 6.45) is 4.91. The van der Waals surface area contributed by atoms with Gasteiger partial charge in [-0.2, -0.15) is 5.10 Å². The molecule has 150 valence electrons. The number of aromatic nitrogens is 4. The number of nitrogens with zero attached hydrogens (tertiary/aromatic N) is 5. The minimum Gasteiger partial charge on any atom is -0.357 e. The second-order valence-corrected chi connectivity index (χ2v) is 7.98. The summed E-state index contributed by atoms with van der Waals surface area (Å²) in [5, 5.41) is 11.3. The number of guanidine groups is 1. The topological polar surface area (TPSA) is 71.5 Å². The molecule has 8 heteroatoms. The largest absolute Gasteiger partial charge is 0.357 e. The quantitative estimate of drug-likeness (QED) is 0.451. The molecule has 3 aromatic heterocycles. The zero-order valence-corrected chi connectivity index (χ0v) is 18.7. The summed E-state index contributed by atoms with van der Waals surface area (Å²) in [6, 6.07) is 4.21. The van der Waals surface area contributed by atoms with Gasteiger partial charge in [-0.1, -0.05) is 0 Å². The van der Waals surface area contributed by atoms with Crippen molar-refractivity contribution < 1.29 is 0 Å². The Labute approximate surface area is 174 Å². The first-order chi connectivity index (χ1) is 13.4. The summed E-state index contributed by atoms with van der Waals surface area (Å²) in [5.74, 6) is 0.799. The predicted octanol–water partition coefficient (Wildman–Crippen LogP) is 3.13. The van der Waals surface area contributed by atoms with Gasteiger partial charge in [0.2, 0.25) is 0 Å². The van der Waals surface area contributed by atoms with E-state index in [0.29, 0.717) is 6.54 Å². The molecule has 2 N–H and O–H groups in total. The highest BCUT2D eigenvalue weighted by Gasteiger charge is 2.14. The maximum atomic E-state index is 4.72. The van der Waals surface area contributed by atoms with Crippen LogP contribution in [0.4, 0.5) is 0 Å². The lowest BCUT2D eigenvalue weighted by Crippen LogP contribution is -2.43. The first kappa shape index (κ1) is 20.4. The van der Waals surface area contributed by atoms with Gasteiger partial charge in [-0.3, -0.25) is 4.68 Å². The Bertz CT molecular complexity index is 986. The molecule has 3 rings (SSSR count). The van der Waals surface area contributed by atoms with Crippen molar-refractivity contribution >= 4 is 27.5 Å². The number of rotatable bonds is 6. The Morgan fingerprint density at radius 3 is 2.75 bits per heavy atom. The lowest BCUT2D eigenvalue weighted by molar-refractivity contribution is 0.635. The third-order valence-electron chi connectivity index (χ3n) is 4.76. The number of hydrogen-bond donors (Lipinski definition) is 2. The number of pyridine rings is 1. The van der Waals surface area contributed by atoms with Crippen molar-refractivity contribution in [2.24, 2.45) is 12.0 Å². The van der Waals surface area contributed by atoms with Crippen LogP contribution in [0.15, 0.2) is 34.0 Å². The van der Waals surface area contributed by atoms with E-state index in [1.54, 1.807) is 0 Å². The molecule has 3 heterocycles. The zero-order valence-electron chi connectivity index (χ0n) is 17.1. The fourth-order valence-corrected chi connectivity index (χ4v) is 3.63. The van der Waals surface area contributed by atoms with Crippen molar-refractivity contribution in [2.75, 3.05) is 6.54 Å². The second kappa shape index (κ2) is 8.77. The fourth-order valence-electron chi connectivity index (χ4n) is 3.28. The molecule has 0 amide bonds. The highest BCUT2D eigenvalue weighted by atomic mass is 79.9. The van der Waals surface area contributed by atoms with E-state index >= 15 is 0 Å². The third kappa shape index (κ3) is 4.73. The van der Waals surface area contributed by atoms with E-state index in [4.69, 9.17) is 4.99 Å². The van der Waals surface area contributed by atoms with Crippen LogP contribution in [0.25, 0.3) is 5.65 Å². The molecule has 3 aromatic rings. The minimum absolute atomic E-state index is 0.233. The smallest absolute Gasteiger partial charge is 0.191 e. The molecule has 0 fully saturated rings. The molecule has 7 nitrogen and oxygen atoms in total. The van der Waals surface area contributed by atoms with Gasteiger partial charge in [-0.05, 0) is 67.7 Å². The molecule has 0 aliphatic rings. The lowest BCUT2D eigenvalue weighted by atomic mass is 10.1. The summed E-state index contributed by atoms with van der Waals surface area (Å²) in [5.41, 5.74) is 5.45. The molecule has 1 unspecified atom stereocenters. The highest BCUT2D eigenvalue weighted by molar-refractivity contribution is 9.10. The molecule has 0 aliphatic heterocycles. The van der Waals surface area contributed by atoms with Crippen molar-refractivity contribution in [3.63, 3.8) is 0 Å². The molecule has 1 atom stereocenters. The van der Waals surface area contributed by atoms with E-state index in [2.05, 4.69) is 64.3 Å². The Kier molecular flexibility index (Phi) is 6.39. The highest BCUT2D eigenvalue weighted by Crippen LogP contribution is 2.15. The minimum atomic E-state index is 0.233. The van der Waals surface area contributed by atoms with Crippen LogP contribution >= 0.6 is 15.9 Å². The molecule has 0 bridgehead atoms. The van der Waals surface area contributed by atoms with E-state index < -0.39 is 0 Å². The lowest BCUT2D eigenvalue weighted by Gasteiger charge is -2.18. The van der Waals surface area contributed by atoms with Crippen molar-refractivity contribution in [1.82, 2.24) is 29.8 Å². The van der Waals surface area contributed by atoms with Crippen LogP contribution in [0.3, 0.4) is 0 Å². The van der Waals surface area contributed by atoms with Crippen LogP contribution in [0.2, 0.25) is 0 Å². The van der Waals surface area contributed by atoms with E-state index in [1.165, 1.54) is 11.3 Å². The van der Waals surface area contributed by atoms with E-state index in [1.807, 2.05) is 40.7 Å². The molecule has 0 aromatic carbocycles. The number of aryl methyl sites for hydroxylation is 2. The van der Waals surface area contributed by atoms with Crippen molar-refractivity contribution in [3.8, 4) is 0 Å². The maximum absolute atomic E-state index is 4.72. The number of aliphatic imine (C=N–C) groups is 1. The van der Waals surface area contributed by atoms with Gasteiger partial charge in [0.1, 0.15) is 5.65 Å². The van der Waals surface area contributed by atoms with Crippen LogP contribution in [0.5, 0.6) is 0 Å². The fraction of sp³-hybridized carbons (Fsp3) is 0.450. The first-order valence-corrected chi connectivity index (χ1v) is 10.3. The van der Waals surface area contributed by atoms with E-state index in [-0.39, 0.29) is 6.04 Å². The number of nitrogens with one attached hydrogen (secondary N) is 2. The van der Waals surface area contributed by atoms with Gasteiger partial charge in [0.25, 0.3) is 0 Å². The van der Waals surface area contributed by atoms with Gasteiger partial charge in [0, 0.05) is 42.2 Å². The van der Waals surface area contributed by atoms with Crippen LogP contribution in [0.1, 0.15) is 36.5 Å². The number of halogens is 1. The van der Waals surface area contributed by atoms with Gasteiger partial charge in [-0.25, -0.2) is 9.98 Å². The van der Waals surface area contributed by atoms with Crippen LogP contribution < -0.4 is 10.6 Å². The second-order valence-electron chi connectivity index (χ2n) is 7.06. The molecule has 0 saturated heterocycles. The monoisotopic (exact) mass is 445 g/mol. The standard InChI is InChI=1S/C20H28BrN7/c1-6-22-20(24-13(2)9-18-14(3)26-27(5)15(18)4)23-10-17-12-28-11-16(21)7-8-19(28)25-17/h7-8,11-13H,6,9-10H2,1-5H3,(H2,22,23,24). The summed E-state index contributed by atoms with van der Waals surface area (Å²) in [6.45, 7) is 9.74. The average molecular weight is 446 g/mol. The Morgan fingerprint density at radius 2 is 2.07 bits per heavy atom. The summed E-state index contributed by atoms with van der Waals surface area (Å²) in [7, 11) is 1.99. The predicted molar refractivity (Wildman–Crippen MR) is 117 cm³/mol. The molecule has 0 radical (unpaired) electrons. The number of hydrogen-bond acceptors (Lipinski definition) is 3. The normalized spacial score (nSPS) is 13.1. The van der Waals surface area contributed by atoms with Gasteiger partial charge in [-0.15, -0.1) is 0 Å². The number of fused-ring (bicyclic) bond motifs is 1. The van der Waals surface area contributed by atoms with E-state index in [9.17, 15) is 0 Å². The Balaban J connectivity index is 1.69. The van der Waals surface area contributed by atoms with Crippen LogP contribution in [-0.2, 0) is 20.0 Å². The molecule has 0 aliphatic carbocycles. The van der Waals surface area contributed by atoms with E-state index in [0.717, 1.165) is 40.4 Å². The Morgan fingerprint density at radius 1 is 1.29 bits per heavy atom. The molecule has 0 saturated carbocycles. The van der Waals surface area contributed by atoms with Gasteiger partial charge >= 0.3 is 0 Å². The van der Waals surface area contributed by atoms with Gasteiger partial charge < -0.3 is 15.0 Å². The van der Waals surface area contributed by atoms with Gasteiger partial charge in [0.05, 0.1) is 17.9 Å². The van der Waals surface area contributed by atoms with Crippen molar-refractivity contribution in [3.05, 3.63) is 51.6 Å². The maximum Gasteiger partial charge on any atom is 0.191 e. The average Bonchev–Trinajstić information content (AvgIpc) is 3.15. The first-order valence-electron chi connectivity index (χ1n) is 9.54. The van der Waals surface area contributed by atoms with Crippen LogP contribution in [-0.4, -0.2) is 37.7 Å².